The van der Waals surface area contributed by atoms with Crippen LogP contribution in [-0.2, 0) is 4.79 Å². The minimum Gasteiger partial charge on any atom is -0.386 e. The fraction of sp³-hybridized carbons (Fsp3) is 0.667. The lowest BCUT2D eigenvalue weighted by Crippen LogP contribution is -2.54. The lowest BCUT2D eigenvalue weighted by molar-refractivity contribution is -0.123. The third-order valence-corrected chi connectivity index (χ3v) is 5.09. The third kappa shape index (κ3) is 4.44. The smallest absolute Gasteiger partial charge is 0.220 e. The number of hydrogen-bond donors (Lipinski definition) is 2. The Morgan fingerprint density at radius 3 is 2.91 bits per heavy atom. The minimum absolute atomic E-state index is 0.0836. The zero-order valence-electron chi connectivity index (χ0n) is 13.7. The van der Waals surface area contributed by atoms with Crippen LogP contribution < -0.4 is 10.2 Å². The van der Waals surface area contributed by atoms with Crippen LogP contribution in [-0.4, -0.2) is 41.2 Å². The van der Waals surface area contributed by atoms with Crippen molar-refractivity contribution >= 4 is 11.7 Å². The van der Waals surface area contributed by atoms with Gasteiger partial charge in [-0.25, -0.2) is 4.98 Å². The zero-order valence-corrected chi connectivity index (χ0v) is 13.7. The molecule has 1 saturated heterocycles. The van der Waals surface area contributed by atoms with Crippen LogP contribution in [0.1, 0.15) is 44.9 Å². The standard InChI is InChI=1S/C18H27N3O2/c22-17(12-15-6-1-2-7-15)20-13-18(23)9-5-11-21(14-18)16-8-3-4-10-19-16/h3-4,8,10,15,23H,1-2,5-7,9,11-14H2,(H,20,22). The van der Waals surface area contributed by atoms with Gasteiger partial charge in [-0.2, -0.15) is 0 Å². The van der Waals surface area contributed by atoms with Gasteiger partial charge in [-0.15, -0.1) is 0 Å². The lowest BCUT2D eigenvalue weighted by Gasteiger charge is -2.40. The number of aromatic nitrogens is 1. The van der Waals surface area contributed by atoms with E-state index in [2.05, 4.69) is 15.2 Å². The van der Waals surface area contributed by atoms with Crippen LogP contribution in [0.3, 0.4) is 0 Å². The van der Waals surface area contributed by atoms with Gasteiger partial charge in [0.1, 0.15) is 5.82 Å². The van der Waals surface area contributed by atoms with E-state index >= 15 is 0 Å². The Hall–Kier alpha value is -1.62. The first-order valence-corrected chi connectivity index (χ1v) is 8.80. The van der Waals surface area contributed by atoms with Crippen LogP contribution in [0, 0.1) is 5.92 Å². The number of hydrogen-bond acceptors (Lipinski definition) is 4. The number of amides is 1. The lowest BCUT2D eigenvalue weighted by atomic mass is 9.92. The molecule has 126 valence electrons. The first-order valence-electron chi connectivity index (χ1n) is 8.80. The molecule has 0 radical (unpaired) electrons. The highest BCUT2D eigenvalue weighted by atomic mass is 16.3. The van der Waals surface area contributed by atoms with E-state index in [1.807, 2.05) is 18.2 Å². The van der Waals surface area contributed by atoms with Crippen molar-refractivity contribution in [2.24, 2.45) is 5.92 Å². The van der Waals surface area contributed by atoms with Crippen LogP contribution in [0.4, 0.5) is 5.82 Å². The maximum Gasteiger partial charge on any atom is 0.220 e. The summed E-state index contributed by atoms with van der Waals surface area (Å²) < 4.78 is 0. The number of carbonyl (C=O) groups excluding carboxylic acids is 1. The average Bonchev–Trinajstić information content (AvgIpc) is 3.07. The molecule has 2 N–H and O–H groups in total. The number of β-amino-alcohol motifs (C(OH)–C–C–N with tert-alkyl or cyclic N) is 1. The quantitative estimate of drug-likeness (QED) is 0.873. The molecular weight excluding hydrogens is 290 g/mol. The van der Waals surface area contributed by atoms with Crippen molar-refractivity contribution in [1.82, 2.24) is 10.3 Å². The van der Waals surface area contributed by atoms with Crippen LogP contribution in [0.2, 0.25) is 0 Å². The Bertz CT molecular complexity index is 516. The van der Waals surface area contributed by atoms with Crippen molar-refractivity contribution in [3.63, 3.8) is 0 Å². The molecule has 2 fully saturated rings. The Balaban J connectivity index is 1.50. The van der Waals surface area contributed by atoms with Crippen molar-refractivity contribution in [1.29, 1.82) is 0 Å². The van der Waals surface area contributed by atoms with E-state index in [1.165, 1.54) is 25.7 Å². The second-order valence-corrected chi connectivity index (χ2v) is 7.07. The van der Waals surface area contributed by atoms with Gasteiger partial charge in [-0.3, -0.25) is 4.79 Å². The van der Waals surface area contributed by atoms with E-state index in [0.717, 1.165) is 25.2 Å². The second kappa shape index (κ2) is 7.30. The largest absolute Gasteiger partial charge is 0.386 e. The monoisotopic (exact) mass is 317 g/mol. The molecule has 3 rings (SSSR count). The molecule has 0 bridgehead atoms. The maximum absolute atomic E-state index is 12.1. The van der Waals surface area contributed by atoms with E-state index < -0.39 is 5.60 Å². The maximum atomic E-state index is 12.1. The molecule has 1 atom stereocenters. The number of anilines is 1. The second-order valence-electron chi connectivity index (χ2n) is 7.07. The van der Waals surface area contributed by atoms with E-state index in [4.69, 9.17) is 0 Å². The molecule has 0 spiro atoms. The number of nitrogens with one attached hydrogen (secondary N) is 1. The van der Waals surface area contributed by atoms with Crippen molar-refractivity contribution in [2.45, 2.75) is 50.5 Å². The molecule has 1 saturated carbocycles. The van der Waals surface area contributed by atoms with E-state index in [1.54, 1.807) is 6.20 Å². The van der Waals surface area contributed by atoms with Crippen LogP contribution in [0.5, 0.6) is 0 Å². The molecule has 23 heavy (non-hydrogen) atoms. The van der Waals surface area contributed by atoms with Crippen LogP contribution >= 0.6 is 0 Å². The van der Waals surface area contributed by atoms with Gasteiger partial charge in [0.15, 0.2) is 0 Å². The van der Waals surface area contributed by atoms with Gasteiger partial charge in [-0.05, 0) is 43.7 Å². The molecular formula is C18H27N3O2. The molecule has 1 unspecified atom stereocenters. The Morgan fingerprint density at radius 1 is 1.35 bits per heavy atom. The van der Waals surface area contributed by atoms with E-state index in [0.29, 0.717) is 25.4 Å². The van der Waals surface area contributed by atoms with Gasteiger partial charge >= 0.3 is 0 Å². The summed E-state index contributed by atoms with van der Waals surface area (Å²) in [5, 5.41) is 13.8. The third-order valence-electron chi connectivity index (χ3n) is 5.09. The number of piperidine rings is 1. The normalized spacial score (nSPS) is 25.5. The van der Waals surface area contributed by atoms with Gasteiger partial charge in [0, 0.05) is 32.3 Å². The Labute approximate surface area is 138 Å². The van der Waals surface area contributed by atoms with Gasteiger partial charge in [0.2, 0.25) is 5.91 Å². The number of carbonyl (C=O) groups is 1. The molecule has 2 heterocycles. The van der Waals surface area contributed by atoms with Crippen molar-refractivity contribution in [2.75, 3.05) is 24.5 Å². The number of nitrogens with zero attached hydrogens (tertiary/aromatic N) is 2. The van der Waals surface area contributed by atoms with Crippen LogP contribution in [0.15, 0.2) is 24.4 Å². The summed E-state index contributed by atoms with van der Waals surface area (Å²) >= 11 is 0. The summed E-state index contributed by atoms with van der Waals surface area (Å²) in [6.07, 6.45) is 8.86. The summed E-state index contributed by atoms with van der Waals surface area (Å²) in [6.45, 7) is 1.75. The predicted octanol–water partition coefficient (Wildman–Crippen LogP) is 2.11. The van der Waals surface area contributed by atoms with Crippen LogP contribution in [0.25, 0.3) is 0 Å². The fourth-order valence-corrected chi connectivity index (χ4v) is 3.80. The average molecular weight is 317 g/mol. The van der Waals surface area contributed by atoms with Crippen molar-refractivity contribution in [3.8, 4) is 0 Å². The molecule has 1 aliphatic carbocycles. The van der Waals surface area contributed by atoms with Gasteiger partial charge in [0.25, 0.3) is 0 Å². The van der Waals surface area contributed by atoms with E-state index in [9.17, 15) is 9.90 Å². The summed E-state index contributed by atoms with van der Waals surface area (Å²) in [5.41, 5.74) is -0.860. The van der Waals surface area contributed by atoms with Crippen molar-refractivity contribution < 1.29 is 9.90 Å². The number of pyridine rings is 1. The summed E-state index contributed by atoms with van der Waals surface area (Å²) in [5.74, 6) is 1.52. The highest BCUT2D eigenvalue weighted by Crippen LogP contribution is 2.28. The van der Waals surface area contributed by atoms with Crippen molar-refractivity contribution in [3.05, 3.63) is 24.4 Å². The fourth-order valence-electron chi connectivity index (χ4n) is 3.80. The topological polar surface area (TPSA) is 65.5 Å². The zero-order chi connectivity index (χ0) is 16.1. The summed E-state index contributed by atoms with van der Waals surface area (Å²) in [6, 6.07) is 5.81. The SMILES string of the molecule is O=C(CC1CCCC1)NCC1(O)CCCN(c2ccccn2)C1. The molecule has 5 nitrogen and oxygen atoms in total. The molecule has 5 heteroatoms. The molecule has 1 aromatic rings. The molecule has 1 aliphatic heterocycles. The number of rotatable bonds is 5. The molecule has 1 amide bonds. The van der Waals surface area contributed by atoms with Gasteiger partial charge in [0.05, 0.1) is 5.60 Å². The Morgan fingerprint density at radius 2 is 2.17 bits per heavy atom. The first-order chi connectivity index (χ1) is 11.1. The first kappa shape index (κ1) is 16.2. The van der Waals surface area contributed by atoms with Gasteiger partial charge in [-0.1, -0.05) is 18.9 Å². The highest BCUT2D eigenvalue weighted by Gasteiger charge is 2.34. The van der Waals surface area contributed by atoms with Gasteiger partial charge < -0.3 is 15.3 Å². The molecule has 2 aliphatic rings. The highest BCUT2D eigenvalue weighted by molar-refractivity contribution is 5.76. The summed E-state index contributed by atoms with van der Waals surface area (Å²) in [7, 11) is 0. The minimum atomic E-state index is -0.860. The Kier molecular flexibility index (Phi) is 5.16. The predicted molar refractivity (Wildman–Crippen MR) is 90.2 cm³/mol. The molecule has 1 aromatic heterocycles. The number of aliphatic hydroxyl groups is 1. The van der Waals surface area contributed by atoms with E-state index in [-0.39, 0.29) is 5.91 Å². The molecule has 0 aromatic carbocycles. The summed E-state index contributed by atoms with van der Waals surface area (Å²) in [4.78, 5) is 18.6.